The Kier molecular flexibility index (Phi) is 8.87. The van der Waals surface area contributed by atoms with Crippen LogP contribution in [0.2, 0.25) is 0 Å². The number of furan rings is 1. The molecule has 0 unspecified atom stereocenters. The zero-order valence-corrected chi connectivity index (χ0v) is 32.9. The maximum atomic E-state index is 6.88. The number of fused-ring (bicyclic) bond motifs is 5. The first-order valence-electron chi connectivity index (χ1n) is 20.5. The molecule has 0 N–H and O–H groups in total. The van der Waals surface area contributed by atoms with Crippen LogP contribution in [0.15, 0.2) is 241 Å². The van der Waals surface area contributed by atoms with Crippen LogP contribution in [0.3, 0.4) is 0 Å². The minimum absolute atomic E-state index is 0.851. The summed E-state index contributed by atoms with van der Waals surface area (Å²) in [5.41, 5.74) is 16.8. The van der Waals surface area contributed by atoms with Gasteiger partial charge in [0.25, 0.3) is 0 Å². The van der Waals surface area contributed by atoms with Crippen molar-refractivity contribution in [2.45, 2.75) is 0 Å². The van der Waals surface area contributed by atoms with Crippen LogP contribution in [0.25, 0.3) is 88.3 Å². The molecule has 0 bridgehead atoms. The van der Waals surface area contributed by atoms with Crippen molar-refractivity contribution in [1.29, 1.82) is 0 Å². The van der Waals surface area contributed by atoms with Crippen molar-refractivity contribution in [3.05, 3.63) is 237 Å². The Morgan fingerprint density at radius 3 is 1.25 bits per heavy atom. The van der Waals surface area contributed by atoms with Gasteiger partial charge in [-0.05, 0) is 110 Å². The van der Waals surface area contributed by atoms with Crippen molar-refractivity contribution >= 4 is 49.8 Å². The van der Waals surface area contributed by atoms with E-state index < -0.39 is 0 Å². The highest BCUT2D eigenvalue weighted by Gasteiger charge is 2.22. The van der Waals surface area contributed by atoms with E-state index >= 15 is 0 Å². The van der Waals surface area contributed by atoms with Gasteiger partial charge in [-0.2, -0.15) is 0 Å². The molecule has 0 aliphatic rings. The second kappa shape index (κ2) is 15.1. The summed E-state index contributed by atoms with van der Waals surface area (Å²) in [7, 11) is 0. The molecule has 2 heteroatoms. The lowest BCUT2D eigenvalue weighted by Gasteiger charge is -2.26. The lowest BCUT2D eigenvalue weighted by Crippen LogP contribution is -2.10. The number of rotatable bonds is 8. The third-order valence-corrected chi connectivity index (χ3v) is 11.7. The molecule has 0 saturated heterocycles. The normalized spacial score (nSPS) is 11.3. The summed E-state index contributed by atoms with van der Waals surface area (Å²) in [6.07, 6.45) is 0. The third-order valence-electron chi connectivity index (χ3n) is 11.7. The lowest BCUT2D eigenvalue weighted by atomic mass is 9.93. The molecule has 60 heavy (non-hydrogen) atoms. The Labute approximate surface area is 349 Å². The monoisotopic (exact) mass is 765 g/mol. The molecule has 0 radical (unpaired) electrons. The summed E-state index contributed by atoms with van der Waals surface area (Å²) >= 11 is 0. The van der Waals surface area contributed by atoms with Crippen molar-refractivity contribution in [1.82, 2.24) is 0 Å². The number of hydrogen-bond donors (Lipinski definition) is 0. The summed E-state index contributed by atoms with van der Waals surface area (Å²) in [5, 5.41) is 4.42. The maximum Gasteiger partial charge on any atom is 0.143 e. The summed E-state index contributed by atoms with van der Waals surface area (Å²) < 4.78 is 6.88. The average Bonchev–Trinajstić information content (AvgIpc) is 3.72. The molecule has 11 aromatic rings. The third kappa shape index (κ3) is 6.41. The van der Waals surface area contributed by atoms with E-state index in [4.69, 9.17) is 4.42 Å². The van der Waals surface area contributed by atoms with E-state index in [1.165, 1.54) is 55.6 Å². The van der Waals surface area contributed by atoms with E-state index in [2.05, 4.69) is 241 Å². The van der Waals surface area contributed by atoms with Gasteiger partial charge in [-0.25, -0.2) is 0 Å². The fraction of sp³-hybridized carbons (Fsp3) is 0. The molecule has 0 fully saturated rings. The van der Waals surface area contributed by atoms with Crippen LogP contribution in [0.1, 0.15) is 0 Å². The van der Waals surface area contributed by atoms with Gasteiger partial charge < -0.3 is 9.32 Å². The molecule has 282 valence electrons. The van der Waals surface area contributed by atoms with Gasteiger partial charge in [0.05, 0.1) is 11.1 Å². The Morgan fingerprint density at radius 1 is 0.283 bits per heavy atom. The zero-order chi connectivity index (χ0) is 39.8. The van der Waals surface area contributed by atoms with Gasteiger partial charge in [-0.15, -0.1) is 0 Å². The van der Waals surface area contributed by atoms with Gasteiger partial charge in [0, 0.05) is 22.1 Å². The van der Waals surface area contributed by atoms with Crippen LogP contribution in [0.5, 0.6) is 0 Å². The molecule has 0 saturated carbocycles. The van der Waals surface area contributed by atoms with Crippen molar-refractivity contribution in [3.63, 3.8) is 0 Å². The minimum atomic E-state index is 0.851. The Balaban J connectivity index is 1.08. The molecule has 0 aliphatic heterocycles. The van der Waals surface area contributed by atoms with E-state index in [9.17, 15) is 0 Å². The lowest BCUT2D eigenvalue weighted by molar-refractivity contribution is 0.672. The van der Waals surface area contributed by atoms with Gasteiger partial charge in [0.2, 0.25) is 0 Å². The number of hydrogen-bond acceptors (Lipinski definition) is 2. The van der Waals surface area contributed by atoms with Gasteiger partial charge in [0.15, 0.2) is 0 Å². The highest BCUT2D eigenvalue weighted by atomic mass is 16.3. The standard InChI is InChI=1S/C58H39NO/c1-4-14-40(15-5-1)43-26-28-44(29-27-43)46-32-36-50(37-33-46)59(49-34-30-45(31-35-49)41-16-6-2-7-17-41)55-24-13-25-56-57(55)54-39-53(51-22-10-11-23-52(51)58(54)60-56)48-21-12-20-47(38-48)42-18-8-3-9-19-42/h1-39H. The van der Waals surface area contributed by atoms with E-state index in [-0.39, 0.29) is 0 Å². The van der Waals surface area contributed by atoms with Crippen molar-refractivity contribution in [3.8, 4) is 55.6 Å². The predicted molar refractivity (Wildman–Crippen MR) is 253 cm³/mol. The Morgan fingerprint density at radius 2 is 0.700 bits per heavy atom. The number of nitrogens with zero attached hydrogens (tertiary/aromatic N) is 1. The summed E-state index contributed by atoms with van der Waals surface area (Å²) in [6, 6.07) is 84.7. The largest absolute Gasteiger partial charge is 0.455 e. The SMILES string of the molecule is c1ccc(-c2ccc(-c3ccc(N(c4ccc(-c5ccccc5)cc4)c4cccc5oc6c7ccccc7c(-c7cccc(-c8ccccc8)c7)cc6c45)cc3)cc2)cc1. The molecular weight excluding hydrogens is 727 g/mol. The number of anilines is 3. The Hall–Kier alpha value is -7.94. The van der Waals surface area contributed by atoms with Crippen LogP contribution in [0.4, 0.5) is 17.1 Å². The first-order chi connectivity index (χ1) is 29.7. The van der Waals surface area contributed by atoms with Crippen LogP contribution in [-0.2, 0) is 0 Å². The first kappa shape index (κ1) is 35.2. The topological polar surface area (TPSA) is 16.4 Å². The fourth-order valence-corrected chi connectivity index (χ4v) is 8.70. The molecular formula is C58H39NO. The van der Waals surface area contributed by atoms with E-state index in [1.807, 2.05) is 0 Å². The zero-order valence-electron chi connectivity index (χ0n) is 32.9. The van der Waals surface area contributed by atoms with E-state index in [0.717, 1.165) is 49.8 Å². The Bertz CT molecular complexity index is 3260. The van der Waals surface area contributed by atoms with Gasteiger partial charge in [0.1, 0.15) is 11.2 Å². The van der Waals surface area contributed by atoms with E-state index in [1.54, 1.807) is 0 Å². The molecule has 0 amide bonds. The smallest absolute Gasteiger partial charge is 0.143 e. The highest BCUT2D eigenvalue weighted by Crippen LogP contribution is 2.47. The maximum absolute atomic E-state index is 6.88. The second-order valence-corrected chi connectivity index (χ2v) is 15.3. The van der Waals surface area contributed by atoms with Crippen LogP contribution in [0, 0.1) is 0 Å². The average molecular weight is 766 g/mol. The first-order valence-corrected chi connectivity index (χ1v) is 20.5. The van der Waals surface area contributed by atoms with E-state index in [0.29, 0.717) is 0 Å². The summed E-state index contributed by atoms with van der Waals surface area (Å²) in [6.45, 7) is 0. The van der Waals surface area contributed by atoms with Crippen molar-refractivity contribution in [2.75, 3.05) is 4.90 Å². The molecule has 10 aromatic carbocycles. The molecule has 1 aromatic heterocycles. The quantitative estimate of drug-likeness (QED) is 0.153. The highest BCUT2D eigenvalue weighted by molar-refractivity contribution is 6.22. The van der Waals surface area contributed by atoms with Gasteiger partial charge in [-0.1, -0.05) is 188 Å². The molecule has 1 heterocycles. The van der Waals surface area contributed by atoms with Crippen LogP contribution >= 0.6 is 0 Å². The van der Waals surface area contributed by atoms with Crippen LogP contribution < -0.4 is 4.90 Å². The minimum Gasteiger partial charge on any atom is -0.455 e. The molecule has 0 aliphatic carbocycles. The second-order valence-electron chi connectivity index (χ2n) is 15.3. The van der Waals surface area contributed by atoms with Gasteiger partial charge >= 0.3 is 0 Å². The van der Waals surface area contributed by atoms with Crippen molar-refractivity contribution < 1.29 is 4.42 Å². The molecule has 0 atom stereocenters. The molecule has 0 spiro atoms. The predicted octanol–water partition coefficient (Wildman–Crippen LogP) is 16.5. The molecule has 2 nitrogen and oxygen atoms in total. The van der Waals surface area contributed by atoms with Gasteiger partial charge in [-0.3, -0.25) is 0 Å². The summed E-state index contributed by atoms with van der Waals surface area (Å²) in [4.78, 5) is 2.37. The van der Waals surface area contributed by atoms with Crippen molar-refractivity contribution in [2.24, 2.45) is 0 Å². The number of benzene rings is 10. The molecule has 11 rings (SSSR count). The fourth-order valence-electron chi connectivity index (χ4n) is 8.70. The van der Waals surface area contributed by atoms with Crippen LogP contribution in [-0.4, -0.2) is 0 Å². The summed E-state index contributed by atoms with van der Waals surface area (Å²) in [5.74, 6) is 0.